The van der Waals surface area contributed by atoms with E-state index in [2.05, 4.69) is 15.2 Å². The summed E-state index contributed by atoms with van der Waals surface area (Å²) in [6, 6.07) is 9.73. The lowest BCUT2D eigenvalue weighted by Gasteiger charge is -2.39. The Labute approximate surface area is 140 Å². The topological polar surface area (TPSA) is 80.5 Å². The van der Waals surface area contributed by atoms with Crippen molar-refractivity contribution < 1.29 is 9.53 Å². The number of fused-ring (bicyclic) bond motifs is 2. The van der Waals surface area contributed by atoms with E-state index in [0.717, 1.165) is 37.2 Å². The number of nitrogen functional groups attached to an aromatic ring is 1. The third-order valence-electron chi connectivity index (χ3n) is 5.19. The number of nitrogens with one attached hydrogen (secondary N) is 1. The first-order valence-electron chi connectivity index (χ1n) is 8.09. The highest BCUT2D eigenvalue weighted by Gasteiger charge is 2.49. The van der Waals surface area contributed by atoms with Gasteiger partial charge in [-0.15, -0.1) is 0 Å². The summed E-state index contributed by atoms with van der Waals surface area (Å²) in [6.45, 7) is 1.60. The van der Waals surface area contributed by atoms with Crippen molar-refractivity contribution in [2.45, 2.75) is 18.3 Å². The Kier molecular flexibility index (Phi) is 3.33. The zero-order valence-electron chi connectivity index (χ0n) is 13.6. The highest BCUT2D eigenvalue weighted by Crippen LogP contribution is 2.44. The van der Waals surface area contributed by atoms with Gasteiger partial charge in [0, 0.05) is 36.6 Å². The van der Waals surface area contributed by atoms with E-state index < -0.39 is 5.41 Å². The van der Waals surface area contributed by atoms with Crippen LogP contribution in [0, 0.1) is 0 Å². The Morgan fingerprint density at radius 3 is 2.83 bits per heavy atom. The SMILES string of the molecule is COc1cc(N2CCC3(CC2)C(=O)Nc2ncccc23)ccc1N. The number of nitrogens with zero attached hydrogens (tertiary/aromatic N) is 2. The van der Waals surface area contributed by atoms with Crippen molar-refractivity contribution in [3.8, 4) is 5.75 Å². The van der Waals surface area contributed by atoms with Gasteiger partial charge in [0.05, 0.1) is 18.2 Å². The molecule has 0 radical (unpaired) electrons. The molecule has 2 aliphatic rings. The number of hydrogen-bond donors (Lipinski definition) is 2. The van der Waals surface area contributed by atoms with Gasteiger partial charge in [0.15, 0.2) is 0 Å². The molecule has 4 rings (SSSR count). The molecule has 1 aromatic carbocycles. The van der Waals surface area contributed by atoms with Gasteiger partial charge >= 0.3 is 0 Å². The molecule has 3 heterocycles. The van der Waals surface area contributed by atoms with Gasteiger partial charge in [-0.2, -0.15) is 0 Å². The Hall–Kier alpha value is -2.76. The van der Waals surface area contributed by atoms with Crippen LogP contribution in [0.5, 0.6) is 5.75 Å². The van der Waals surface area contributed by atoms with Crippen molar-refractivity contribution in [3.05, 3.63) is 42.1 Å². The van der Waals surface area contributed by atoms with E-state index >= 15 is 0 Å². The number of pyridine rings is 1. The molecule has 1 aromatic heterocycles. The molecule has 0 unspecified atom stereocenters. The van der Waals surface area contributed by atoms with E-state index in [9.17, 15) is 4.79 Å². The lowest BCUT2D eigenvalue weighted by molar-refractivity contribution is -0.121. The Morgan fingerprint density at radius 2 is 2.08 bits per heavy atom. The van der Waals surface area contributed by atoms with E-state index in [0.29, 0.717) is 17.3 Å². The fourth-order valence-corrected chi connectivity index (χ4v) is 3.78. The number of ether oxygens (including phenoxy) is 1. The van der Waals surface area contributed by atoms with Crippen LogP contribution in [0.2, 0.25) is 0 Å². The maximum absolute atomic E-state index is 12.6. The molecule has 2 aromatic rings. The number of piperidine rings is 1. The standard InChI is InChI=1S/C18H20N4O2/c1-24-15-11-12(4-5-14(15)19)22-9-6-18(7-10-22)13-3-2-8-20-16(13)21-17(18)23/h2-5,8,11H,6-7,9-10,19H2,1H3,(H,20,21,23). The number of rotatable bonds is 2. The van der Waals surface area contributed by atoms with Gasteiger partial charge in [-0.25, -0.2) is 4.98 Å². The molecule has 0 bridgehead atoms. The highest BCUT2D eigenvalue weighted by molar-refractivity contribution is 6.05. The molecule has 24 heavy (non-hydrogen) atoms. The highest BCUT2D eigenvalue weighted by atomic mass is 16.5. The number of carbonyl (C=O) groups excluding carboxylic acids is 1. The van der Waals surface area contributed by atoms with Crippen molar-refractivity contribution in [2.75, 3.05) is 36.1 Å². The Balaban J connectivity index is 1.58. The third-order valence-corrected chi connectivity index (χ3v) is 5.19. The van der Waals surface area contributed by atoms with Gasteiger partial charge in [-0.1, -0.05) is 6.07 Å². The molecule has 124 valence electrons. The number of carbonyl (C=O) groups is 1. The molecule has 1 saturated heterocycles. The van der Waals surface area contributed by atoms with Crippen molar-refractivity contribution in [1.29, 1.82) is 0 Å². The summed E-state index contributed by atoms with van der Waals surface area (Å²) in [5, 5.41) is 2.93. The first-order valence-corrected chi connectivity index (χ1v) is 8.09. The molecule has 6 heteroatoms. The zero-order chi connectivity index (χ0) is 16.7. The number of amides is 1. The average Bonchev–Trinajstić information content (AvgIpc) is 2.88. The van der Waals surface area contributed by atoms with Crippen LogP contribution in [0.25, 0.3) is 0 Å². The lowest BCUT2D eigenvalue weighted by Crippen LogP contribution is -2.46. The van der Waals surface area contributed by atoms with Gasteiger partial charge in [-0.3, -0.25) is 4.79 Å². The van der Waals surface area contributed by atoms with Crippen LogP contribution in [-0.4, -0.2) is 31.1 Å². The van der Waals surface area contributed by atoms with Crippen LogP contribution in [0.4, 0.5) is 17.2 Å². The van der Waals surface area contributed by atoms with Gasteiger partial charge < -0.3 is 20.7 Å². The summed E-state index contributed by atoms with van der Waals surface area (Å²) in [6.07, 6.45) is 3.25. The molecule has 6 nitrogen and oxygen atoms in total. The fraction of sp³-hybridized carbons (Fsp3) is 0.333. The maximum Gasteiger partial charge on any atom is 0.236 e. The number of hydrogen-bond acceptors (Lipinski definition) is 5. The fourth-order valence-electron chi connectivity index (χ4n) is 3.78. The first-order chi connectivity index (χ1) is 11.6. The molecule has 1 spiro atoms. The normalized spacial score (nSPS) is 18.4. The number of aromatic nitrogens is 1. The second-order valence-electron chi connectivity index (χ2n) is 6.35. The minimum absolute atomic E-state index is 0.0748. The summed E-state index contributed by atoms with van der Waals surface area (Å²) >= 11 is 0. The van der Waals surface area contributed by atoms with Crippen LogP contribution >= 0.6 is 0 Å². The van der Waals surface area contributed by atoms with Crippen molar-refractivity contribution in [3.63, 3.8) is 0 Å². The van der Waals surface area contributed by atoms with Gasteiger partial charge in [0.25, 0.3) is 0 Å². The van der Waals surface area contributed by atoms with E-state index in [1.807, 2.05) is 30.3 Å². The minimum atomic E-state index is -0.446. The molecule has 1 fully saturated rings. The zero-order valence-corrected chi connectivity index (χ0v) is 13.6. The molecule has 1 amide bonds. The smallest absolute Gasteiger partial charge is 0.236 e. The monoisotopic (exact) mass is 324 g/mol. The summed E-state index contributed by atoms with van der Waals surface area (Å²) in [5.41, 5.74) is 8.18. The van der Waals surface area contributed by atoms with Crippen LogP contribution < -0.4 is 20.7 Å². The van der Waals surface area contributed by atoms with Crippen LogP contribution in [-0.2, 0) is 10.2 Å². The van der Waals surface area contributed by atoms with Gasteiger partial charge in [0.1, 0.15) is 11.6 Å². The molecule has 0 aliphatic carbocycles. The Morgan fingerprint density at radius 1 is 1.29 bits per heavy atom. The number of benzene rings is 1. The minimum Gasteiger partial charge on any atom is -0.495 e. The van der Waals surface area contributed by atoms with E-state index in [-0.39, 0.29) is 5.91 Å². The first kappa shape index (κ1) is 14.8. The van der Waals surface area contributed by atoms with Crippen LogP contribution in [0.1, 0.15) is 18.4 Å². The predicted molar refractivity (Wildman–Crippen MR) is 93.4 cm³/mol. The van der Waals surface area contributed by atoms with E-state index in [1.165, 1.54) is 0 Å². The lowest BCUT2D eigenvalue weighted by atomic mass is 9.74. The van der Waals surface area contributed by atoms with Gasteiger partial charge in [0.2, 0.25) is 5.91 Å². The van der Waals surface area contributed by atoms with Crippen LogP contribution in [0.3, 0.4) is 0 Å². The largest absolute Gasteiger partial charge is 0.495 e. The molecule has 2 aliphatic heterocycles. The molecular formula is C18H20N4O2. The van der Waals surface area contributed by atoms with Crippen molar-refractivity contribution >= 4 is 23.1 Å². The molecule has 0 saturated carbocycles. The van der Waals surface area contributed by atoms with Crippen molar-refractivity contribution in [2.24, 2.45) is 0 Å². The van der Waals surface area contributed by atoms with Crippen molar-refractivity contribution in [1.82, 2.24) is 4.98 Å². The van der Waals surface area contributed by atoms with Gasteiger partial charge in [-0.05, 0) is 31.0 Å². The molecule has 3 N–H and O–H groups in total. The second-order valence-corrected chi connectivity index (χ2v) is 6.35. The number of anilines is 3. The summed E-state index contributed by atoms with van der Waals surface area (Å²) in [5.74, 6) is 1.47. The summed E-state index contributed by atoms with van der Waals surface area (Å²) in [7, 11) is 1.62. The van der Waals surface area contributed by atoms with Crippen LogP contribution in [0.15, 0.2) is 36.5 Å². The maximum atomic E-state index is 12.6. The molecular weight excluding hydrogens is 304 g/mol. The number of nitrogens with two attached hydrogens (primary N) is 1. The number of methoxy groups -OCH3 is 1. The average molecular weight is 324 g/mol. The second kappa shape index (κ2) is 5.40. The molecule has 0 atom stereocenters. The quantitative estimate of drug-likeness (QED) is 0.828. The third kappa shape index (κ3) is 2.10. The van der Waals surface area contributed by atoms with E-state index in [4.69, 9.17) is 10.5 Å². The Bertz CT molecular complexity index is 797. The summed E-state index contributed by atoms with van der Waals surface area (Å²) < 4.78 is 5.31. The predicted octanol–water partition coefficient (Wildman–Crippen LogP) is 2.16. The van der Waals surface area contributed by atoms with E-state index in [1.54, 1.807) is 13.3 Å². The summed E-state index contributed by atoms with van der Waals surface area (Å²) in [4.78, 5) is 19.2.